The van der Waals surface area contributed by atoms with Gasteiger partial charge >= 0.3 is 0 Å². The normalized spacial score (nSPS) is 23.5. The Morgan fingerprint density at radius 2 is 2.21 bits per heavy atom. The first-order valence-corrected chi connectivity index (χ1v) is 8.80. The van der Waals surface area contributed by atoms with E-state index in [1.54, 1.807) is 11.8 Å². The molecule has 0 saturated heterocycles. The van der Waals surface area contributed by atoms with Gasteiger partial charge in [0.1, 0.15) is 10.7 Å². The van der Waals surface area contributed by atoms with Crippen molar-refractivity contribution in [1.82, 2.24) is 9.71 Å². The number of pyridine rings is 1. The van der Waals surface area contributed by atoms with Gasteiger partial charge in [-0.15, -0.1) is 0 Å². The van der Waals surface area contributed by atoms with Gasteiger partial charge in [0.25, 0.3) is 0 Å². The minimum atomic E-state index is -3.49. The van der Waals surface area contributed by atoms with Crippen molar-refractivity contribution in [1.29, 1.82) is 0 Å². The van der Waals surface area contributed by atoms with E-state index in [0.29, 0.717) is 11.1 Å². The van der Waals surface area contributed by atoms with Gasteiger partial charge in [0, 0.05) is 17.5 Å². The van der Waals surface area contributed by atoms with E-state index in [0.717, 1.165) is 19.3 Å². The van der Waals surface area contributed by atoms with Crippen LogP contribution in [0.3, 0.4) is 0 Å². The Hall–Kier alpha value is -0.830. The topological polar surface area (TPSA) is 97.1 Å². The Labute approximate surface area is 117 Å². The summed E-state index contributed by atoms with van der Waals surface area (Å²) >= 11 is 1.79. The molecule has 1 saturated carbocycles. The van der Waals surface area contributed by atoms with Crippen LogP contribution in [0.1, 0.15) is 19.3 Å². The molecule has 1 aliphatic rings. The first kappa shape index (κ1) is 14.6. The van der Waals surface area contributed by atoms with Gasteiger partial charge < -0.3 is 5.43 Å². The maximum Gasteiger partial charge on any atom is 0.242 e. The van der Waals surface area contributed by atoms with Gasteiger partial charge in [0.05, 0.1) is 0 Å². The number of nitrogen functional groups attached to an aromatic ring is 1. The van der Waals surface area contributed by atoms with E-state index >= 15 is 0 Å². The number of rotatable bonds is 5. The Morgan fingerprint density at radius 1 is 1.42 bits per heavy atom. The van der Waals surface area contributed by atoms with Gasteiger partial charge in [-0.25, -0.2) is 24.0 Å². The lowest BCUT2D eigenvalue weighted by molar-refractivity contribution is 0.552. The molecule has 6 nitrogen and oxygen atoms in total. The van der Waals surface area contributed by atoms with Crippen LogP contribution < -0.4 is 16.0 Å². The van der Waals surface area contributed by atoms with Crippen molar-refractivity contribution in [2.45, 2.75) is 35.4 Å². The maximum atomic E-state index is 12.2. The first-order valence-electron chi connectivity index (χ1n) is 6.03. The number of sulfonamides is 1. The quantitative estimate of drug-likeness (QED) is 0.553. The van der Waals surface area contributed by atoms with Gasteiger partial charge in [0.15, 0.2) is 0 Å². The first-order chi connectivity index (χ1) is 9.05. The van der Waals surface area contributed by atoms with E-state index in [9.17, 15) is 8.42 Å². The van der Waals surface area contributed by atoms with E-state index in [1.807, 2.05) is 0 Å². The van der Waals surface area contributed by atoms with Crippen LogP contribution in [0.5, 0.6) is 0 Å². The molecule has 0 spiro atoms. The molecule has 4 N–H and O–H groups in total. The fourth-order valence-corrected chi connectivity index (χ4v) is 4.20. The van der Waals surface area contributed by atoms with Crippen molar-refractivity contribution < 1.29 is 8.42 Å². The molecular weight excluding hydrogens is 284 g/mol. The summed E-state index contributed by atoms with van der Waals surface area (Å²) in [5.41, 5.74) is 2.36. The SMILES string of the molecule is CSC1CCC(NS(=O)(=O)c2ccc(NN)nc2)C1. The number of thioether (sulfide) groups is 1. The fourth-order valence-electron chi connectivity index (χ4n) is 2.17. The summed E-state index contributed by atoms with van der Waals surface area (Å²) in [6.45, 7) is 0. The lowest BCUT2D eigenvalue weighted by atomic mass is 10.3. The number of hydrogen-bond acceptors (Lipinski definition) is 6. The number of nitrogens with zero attached hydrogens (tertiary/aromatic N) is 1. The van der Waals surface area contributed by atoms with E-state index in [2.05, 4.69) is 21.4 Å². The number of anilines is 1. The number of hydrogen-bond donors (Lipinski definition) is 3. The molecule has 1 heterocycles. The third kappa shape index (κ3) is 3.59. The number of nitrogens with two attached hydrogens (primary N) is 1. The summed E-state index contributed by atoms with van der Waals surface area (Å²) in [7, 11) is -3.49. The zero-order valence-corrected chi connectivity index (χ0v) is 12.3. The lowest BCUT2D eigenvalue weighted by Gasteiger charge is -2.13. The molecule has 8 heteroatoms. The number of nitrogens with one attached hydrogen (secondary N) is 2. The standard InChI is InChI=1S/C11H18N4O2S2/c1-18-9-3-2-8(6-9)15-19(16,17)10-4-5-11(14-12)13-7-10/h4-5,7-9,15H,2-3,6,12H2,1H3,(H,13,14). The molecule has 106 valence electrons. The number of hydrazine groups is 1. The van der Waals surface area contributed by atoms with E-state index in [1.165, 1.54) is 18.3 Å². The molecule has 1 aromatic heterocycles. The van der Waals surface area contributed by atoms with Crippen LogP contribution in [-0.2, 0) is 10.0 Å². The Balaban J connectivity index is 2.05. The van der Waals surface area contributed by atoms with E-state index in [4.69, 9.17) is 5.84 Å². The molecule has 0 bridgehead atoms. The van der Waals surface area contributed by atoms with E-state index in [-0.39, 0.29) is 10.9 Å². The van der Waals surface area contributed by atoms with Crippen molar-refractivity contribution in [3.05, 3.63) is 18.3 Å². The van der Waals surface area contributed by atoms with Crippen molar-refractivity contribution in [2.75, 3.05) is 11.7 Å². The predicted molar refractivity (Wildman–Crippen MR) is 77.3 cm³/mol. The van der Waals surface area contributed by atoms with Crippen LogP contribution in [0, 0.1) is 0 Å². The Bertz CT molecular complexity index is 518. The Morgan fingerprint density at radius 3 is 2.74 bits per heavy atom. The highest BCUT2D eigenvalue weighted by Gasteiger charge is 2.28. The maximum absolute atomic E-state index is 12.2. The highest BCUT2D eigenvalue weighted by Crippen LogP contribution is 2.29. The molecule has 0 radical (unpaired) electrons. The minimum Gasteiger partial charge on any atom is -0.308 e. The van der Waals surface area contributed by atoms with Gasteiger partial charge in [-0.2, -0.15) is 11.8 Å². The summed E-state index contributed by atoms with van der Waals surface area (Å²) in [5.74, 6) is 5.62. The van der Waals surface area contributed by atoms with Crippen molar-refractivity contribution in [3.8, 4) is 0 Å². The molecule has 1 aliphatic carbocycles. The van der Waals surface area contributed by atoms with Crippen LogP contribution in [-0.4, -0.2) is 30.9 Å². The van der Waals surface area contributed by atoms with Crippen LogP contribution >= 0.6 is 11.8 Å². The number of aromatic nitrogens is 1. The predicted octanol–water partition coefficient (Wildman–Crippen LogP) is 0.930. The van der Waals surface area contributed by atoms with Crippen LogP contribution in [0.2, 0.25) is 0 Å². The summed E-state index contributed by atoms with van der Waals surface area (Å²) in [5, 5.41) is 0.551. The largest absolute Gasteiger partial charge is 0.308 e. The van der Waals surface area contributed by atoms with Crippen molar-refractivity contribution in [3.63, 3.8) is 0 Å². The molecule has 0 aliphatic heterocycles. The zero-order valence-electron chi connectivity index (χ0n) is 10.7. The second-order valence-electron chi connectivity index (χ2n) is 4.51. The van der Waals surface area contributed by atoms with Crippen LogP contribution in [0.25, 0.3) is 0 Å². The van der Waals surface area contributed by atoms with Gasteiger partial charge in [-0.05, 0) is 37.7 Å². The molecule has 1 aromatic rings. The molecule has 2 rings (SSSR count). The minimum absolute atomic E-state index is 0.0229. The second-order valence-corrected chi connectivity index (χ2v) is 7.36. The summed E-state index contributed by atoms with van der Waals surface area (Å²) < 4.78 is 27.1. The fraction of sp³-hybridized carbons (Fsp3) is 0.545. The van der Waals surface area contributed by atoms with E-state index < -0.39 is 10.0 Å². The molecule has 0 amide bonds. The van der Waals surface area contributed by atoms with Crippen molar-refractivity contribution in [2.24, 2.45) is 5.84 Å². The summed E-state index contributed by atoms with van der Waals surface area (Å²) in [6.07, 6.45) is 6.20. The highest BCUT2D eigenvalue weighted by atomic mass is 32.2. The van der Waals surface area contributed by atoms with Crippen LogP contribution in [0.15, 0.2) is 23.2 Å². The molecule has 2 atom stereocenters. The smallest absolute Gasteiger partial charge is 0.242 e. The zero-order chi connectivity index (χ0) is 13.9. The van der Waals surface area contributed by atoms with Gasteiger partial charge in [-0.3, -0.25) is 0 Å². The molecule has 0 aromatic carbocycles. The monoisotopic (exact) mass is 302 g/mol. The second kappa shape index (κ2) is 6.08. The third-order valence-corrected chi connectivity index (χ3v) is 5.83. The average molecular weight is 302 g/mol. The van der Waals surface area contributed by atoms with Crippen LogP contribution in [0.4, 0.5) is 5.82 Å². The van der Waals surface area contributed by atoms with Crippen molar-refractivity contribution >= 4 is 27.6 Å². The average Bonchev–Trinajstić information content (AvgIpc) is 2.85. The molecule has 19 heavy (non-hydrogen) atoms. The van der Waals surface area contributed by atoms with Gasteiger partial charge in [-0.1, -0.05) is 0 Å². The summed E-state index contributed by atoms with van der Waals surface area (Å²) in [4.78, 5) is 4.08. The third-order valence-electron chi connectivity index (χ3n) is 3.23. The summed E-state index contributed by atoms with van der Waals surface area (Å²) in [6, 6.07) is 3.05. The Kier molecular flexibility index (Phi) is 4.67. The molecule has 1 fully saturated rings. The molecular formula is C11H18N4O2S2. The van der Waals surface area contributed by atoms with Gasteiger partial charge in [0.2, 0.25) is 10.0 Å². The lowest BCUT2D eigenvalue weighted by Crippen LogP contribution is -2.33. The molecule has 2 unspecified atom stereocenters. The highest BCUT2D eigenvalue weighted by molar-refractivity contribution is 7.99.